The molecule has 0 bridgehead atoms. The minimum absolute atomic E-state index is 0.351. The molecule has 1 aliphatic rings. The van der Waals surface area contributed by atoms with Crippen molar-refractivity contribution in [1.29, 1.82) is 0 Å². The number of nitrogens with zero attached hydrogens (tertiary/aromatic N) is 2. The molecule has 2 rings (SSSR count). The van der Waals surface area contributed by atoms with E-state index in [1.54, 1.807) is 6.20 Å². The summed E-state index contributed by atoms with van der Waals surface area (Å²) in [6.07, 6.45) is 2.96. The number of hydrogen-bond donors (Lipinski definition) is 1. The van der Waals surface area contributed by atoms with Crippen LogP contribution in [0.1, 0.15) is 25.8 Å². The maximum atomic E-state index is 6.30. The molecule has 16 heavy (non-hydrogen) atoms. The Hall–Kier alpha value is -0.800. The van der Waals surface area contributed by atoms with Gasteiger partial charge in [0.05, 0.1) is 5.02 Å². The lowest BCUT2D eigenvalue weighted by Gasteiger charge is -2.22. The zero-order chi connectivity index (χ0) is 11.8. The van der Waals surface area contributed by atoms with Crippen LogP contribution in [0.2, 0.25) is 5.02 Å². The van der Waals surface area contributed by atoms with Crippen molar-refractivity contribution in [1.82, 2.24) is 4.98 Å². The van der Waals surface area contributed by atoms with Gasteiger partial charge in [0, 0.05) is 25.8 Å². The molecule has 88 valence electrons. The van der Waals surface area contributed by atoms with Crippen molar-refractivity contribution in [2.45, 2.75) is 26.8 Å². The third kappa shape index (κ3) is 2.15. The molecule has 0 atom stereocenters. The summed E-state index contributed by atoms with van der Waals surface area (Å²) in [7, 11) is 0. The third-order valence-corrected chi connectivity index (χ3v) is 3.56. The predicted octanol–water partition coefficient (Wildman–Crippen LogP) is 2.43. The maximum Gasteiger partial charge on any atom is 0.147 e. The number of pyridine rings is 1. The summed E-state index contributed by atoms with van der Waals surface area (Å²) in [5, 5.41) is 0.711. The van der Waals surface area contributed by atoms with Gasteiger partial charge in [-0.1, -0.05) is 25.4 Å². The first-order valence-electron chi connectivity index (χ1n) is 5.62. The zero-order valence-corrected chi connectivity index (χ0v) is 10.6. The molecule has 3 nitrogen and oxygen atoms in total. The average molecular weight is 240 g/mol. The molecule has 1 aliphatic heterocycles. The van der Waals surface area contributed by atoms with Crippen LogP contribution >= 0.6 is 11.6 Å². The van der Waals surface area contributed by atoms with Crippen LogP contribution < -0.4 is 10.6 Å². The molecule has 0 radical (unpaired) electrons. The number of anilines is 1. The van der Waals surface area contributed by atoms with Gasteiger partial charge in [-0.2, -0.15) is 0 Å². The highest BCUT2D eigenvalue weighted by Crippen LogP contribution is 2.35. The van der Waals surface area contributed by atoms with Crippen molar-refractivity contribution in [2.75, 3.05) is 18.0 Å². The van der Waals surface area contributed by atoms with Gasteiger partial charge in [0.15, 0.2) is 0 Å². The molecule has 0 aromatic carbocycles. The molecule has 0 unspecified atom stereocenters. The lowest BCUT2D eigenvalue weighted by molar-refractivity contribution is 0.418. The molecule has 0 aliphatic carbocycles. The van der Waals surface area contributed by atoms with E-state index in [1.807, 2.05) is 6.07 Å². The Bertz CT molecular complexity index is 390. The van der Waals surface area contributed by atoms with Crippen molar-refractivity contribution in [3.8, 4) is 0 Å². The topological polar surface area (TPSA) is 42.2 Å². The monoisotopic (exact) mass is 239 g/mol. The molecule has 4 heteroatoms. The zero-order valence-electron chi connectivity index (χ0n) is 9.83. The summed E-state index contributed by atoms with van der Waals surface area (Å²) in [6, 6.07) is 1.88. The molecular weight excluding hydrogens is 222 g/mol. The van der Waals surface area contributed by atoms with Gasteiger partial charge < -0.3 is 10.6 Å². The molecule has 1 saturated heterocycles. The van der Waals surface area contributed by atoms with E-state index in [4.69, 9.17) is 17.3 Å². The number of halogens is 1. The van der Waals surface area contributed by atoms with Crippen LogP contribution in [0.4, 0.5) is 5.82 Å². The highest BCUT2D eigenvalue weighted by molar-refractivity contribution is 6.33. The number of aromatic nitrogens is 1. The Morgan fingerprint density at radius 3 is 2.88 bits per heavy atom. The predicted molar refractivity (Wildman–Crippen MR) is 67.7 cm³/mol. The van der Waals surface area contributed by atoms with Gasteiger partial charge in [-0.05, 0) is 23.5 Å². The minimum Gasteiger partial charge on any atom is -0.355 e. The van der Waals surface area contributed by atoms with Gasteiger partial charge in [-0.25, -0.2) is 4.98 Å². The molecule has 0 amide bonds. The van der Waals surface area contributed by atoms with Crippen molar-refractivity contribution in [3.05, 3.63) is 22.8 Å². The number of nitrogens with two attached hydrogens (primary N) is 1. The summed E-state index contributed by atoms with van der Waals surface area (Å²) < 4.78 is 0. The van der Waals surface area contributed by atoms with Crippen LogP contribution in [0.15, 0.2) is 12.3 Å². The smallest absolute Gasteiger partial charge is 0.147 e. The molecule has 0 saturated carbocycles. The Labute approximate surface area is 102 Å². The van der Waals surface area contributed by atoms with Crippen LogP contribution in [0.5, 0.6) is 0 Å². The normalized spacial score (nSPS) is 19.1. The summed E-state index contributed by atoms with van der Waals surface area (Å²) in [4.78, 5) is 6.62. The first kappa shape index (κ1) is 11.7. The van der Waals surface area contributed by atoms with E-state index in [0.717, 1.165) is 24.5 Å². The number of hydrogen-bond acceptors (Lipinski definition) is 3. The first-order valence-corrected chi connectivity index (χ1v) is 6.00. The molecular formula is C12H18ClN3. The summed E-state index contributed by atoms with van der Waals surface area (Å²) in [5.41, 5.74) is 6.96. The third-order valence-electron chi connectivity index (χ3n) is 3.15. The minimum atomic E-state index is 0.351. The Balaban J connectivity index is 2.28. The van der Waals surface area contributed by atoms with Crippen molar-refractivity contribution in [2.24, 2.45) is 11.1 Å². The fourth-order valence-electron chi connectivity index (χ4n) is 2.14. The SMILES string of the molecule is CC1(C)CCN(c2nccc(CN)c2Cl)C1. The van der Waals surface area contributed by atoms with E-state index in [1.165, 1.54) is 6.42 Å². The fourth-order valence-corrected chi connectivity index (χ4v) is 2.45. The van der Waals surface area contributed by atoms with E-state index >= 15 is 0 Å². The summed E-state index contributed by atoms with van der Waals surface area (Å²) in [5.74, 6) is 0.884. The van der Waals surface area contributed by atoms with Gasteiger partial charge >= 0.3 is 0 Å². The lowest BCUT2D eigenvalue weighted by atomic mass is 9.93. The molecule has 1 aromatic rings. The van der Waals surface area contributed by atoms with Crippen LogP contribution in [-0.2, 0) is 6.54 Å². The van der Waals surface area contributed by atoms with Crippen LogP contribution in [0.3, 0.4) is 0 Å². The molecule has 2 heterocycles. The van der Waals surface area contributed by atoms with Gasteiger partial charge in [0.25, 0.3) is 0 Å². The highest BCUT2D eigenvalue weighted by Gasteiger charge is 2.31. The summed E-state index contributed by atoms with van der Waals surface area (Å²) >= 11 is 6.30. The highest BCUT2D eigenvalue weighted by atomic mass is 35.5. The van der Waals surface area contributed by atoms with Crippen molar-refractivity contribution in [3.63, 3.8) is 0 Å². The Morgan fingerprint density at radius 1 is 1.56 bits per heavy atom. The quantitative estimate of drug-likeness (QED) is 0.862. The second kappa shape index (κ2) is 4.22. The second-order valence-corrected chi connectivity index (χ2v) is 5.53. The molecule has 2 N–H and O–H groups in total. The molecule has 0 spiro atoms. The van der Waals surface area contributed by atoms with E-state index in [-0.39, 0.29) is 0 Å². The second-order valence-electron chi connectivity index (χ2n) is 5.15. The van der Waals surface area contributed by atoms with Crippen LogP contribution in [0.25, 0.3) is 0 Å². The van der Waals surface area contributed by atoms with E-state index < -0.39 is 0 Å². The van der Waals surface area contributed by atoms with Crippen molar-refractivity contribution < 1.29 is 0 Å². The molecule has 1 aromatic heterocycles. The average Bonchev–Trinajstić information content (AvgIpc) is 2.59. The van der Waals surface area contributed by atoms with E-state index in [2.05, 4.69) is 23.7 Å². The van der Waals surface area contributed by atoms with Crippen LogP contribution in [-0.4, -0.2) is 18.1 Å². The van der Waals surface area contributed by atoms with Gasteiger partial charge in [0.1, 0.15) is 5.82 Å². The standard InChI is InChI=1S/C12H18ClN3/c1-12(2)4-6-16(8-12)11-10(13)9(7-14)3-5-15-11/h3,5H,4,6-8,14H2,1-2H3. The first-order chi connectivity index (χ1) is 7.53. The van der Waals surface area contributed by atoms with Gasteiger partial charge in [0.2, 0.25) is 0 Å². The Morgan fingerprint density at radius 2 is 2.31 bits per heavy atom. The van der Waals surface area contributed by atoms with E-state index in [0.29, 0.717) is 17.0 Å². The number of rotatable bonds is 2. The van der Waals surface area contributed by atoms with Crippen LogP contribution in [0, 0.1) is 5.41 Å². The molecule has 1 fully saturated rings. The maximum absolute atomic E-state index is 6.30. The fraction of sp³-hybridized carbons (Fsp3) is 0.583. The van der Waals surface area contributed by atoms with E-state index in [9.17, 15) is 0 Å². The lowest BCUT2D eigenvalue weighted by Crippen LogP contribution is -2.24. The van der Waals surface area contributed by atoms with Gasteiger partial charge in [-0.3, -0.25) is 0 Å². The Kier molecular flexibility index (Phi) is 3.08. The van der Waals surface area contributed by atoms with Crippen molar-refractivity contribution >= 4 is 17.4 Å². The van der Waals surface area contributed by atoms with Gasteiger partial charge in [-0.15, -0.1) is 0 Å². The summed E-state index contributed by atoms with van der Waals surface area (Å²) in [6.45, 7) is 7.04. The largest absolute Gasteiger partial charge is 0.355 e.